The molecule has 0 saturated heterocycles. The van der Waals surface area contributed by atoms with Gasteiger partial charge in [-0.05, 0) is 32.1 Å². The van der Waals surface area contributed by atoms with E-state index in [9.17, 15) is 14.7 Å². The number of carboxylic acids is 1. The first-order chi connectivity index (χ1) is 9.05. The Morgan fingerprint density at radius 3 is 1.95 bits per heavy atom. The molecule has 2 rings (SSSR count). The van der Waals surface area contributed by atoms with E-state index in [0.29, 0.717) is 19.4 Å². The second-order valence-electron chi connectivity index (χ2n) is 6.09. The predicted octanol–water partition coefficient (Wildman–Crippen LogP) is 1.41. The zero-order chi connectivity index (χ0) is 13.9. The van der Waals surface area contributed by atoms with Crippen molar-refractivity contribution in [2.75, 3.05) is 6.54 Å². The average Bonchev–Trinajstić information content (AvgIpc) is 2.59. The van der Waals surface area contributed by atoms with Crippen molar-refractivity contribution in [2.45, 2.75) is 63.3 Å². The monoisotopic (exact) mass is 268 g/mol. The van der Waals surface area contributed by atoms with Crippen LogP contribution in [0, 0.1) is 5.41 Å². The first kappa shape index (κ1) is 14.3. The van der Waals surface area contributed by atoms with Gasteiger partial charge in [0.2, 0.25) is 5.91 Å². The molecule has 2 saturated carbocycles. The van der Waals surface area contributed by atoms with E-state index < -0.39 is 16.9 Å². The van der Waals surface area contributed by atoms with E-state index in [1.54, 1.807) is 0 Å². The first-order valence-corrected chi connectivity index (χ1v) is 7.31. The van der Waals surface area contributed by atoms with E-state index in [4.69, 9.17) is 5.73 Å². The van der Waals surface area contributed by atoms with Gasteiger partial charge < -0.3 is 16.2 Å². The van der Waals surface area contributed by atoms with E-state index in [-0.39, 0.29) is 5.91 Å². The number of nitrogens with one attached hydrogen (secondary N) is 1. The Labute approximate surface area is 113 Å². The molecule has 0 unspecified atom stereocenters. The highest BCUT2D eigenvalue weighted by molar-refractivity contribution is 5.90. The molecule has 5 heteroatoms. The molecule has 2 aliphatic rings. The second-order valence-corrected chi connectivity index (χ2v) is 6.09. The number of carbonyl (C=O) groups is 2. The maximum absolute atomic E-state index is 12.6. The number of amides is 1. The SMILES string of the molecule is NCC1(C(=O)NC2(C(=O)O)CCC2)CCCCCC1. The van der Waals surface area contributed by atoms with Gasteiger partial charge in [-0.15, -0.1) is 0 Å². The molecule has 0 aliphatic heterocycles. The van der Waals surface area contributed by atoms with Crippen LogP contribution in [0.3, 0.4) is 0 Å². The Balaban J connectivity index is 2.10. The summed E-state index contributed by atoms with van der Waals surface area (Å²) in [6.45, 7) is 0.314. The van der Waals surface area contributed by atoms with E-state index in [0.717, 1.165) is 44.9 Å². The maximum Gasteiger partial charge on any atom is 0.329 e. The minimum Gasteiger partial charge on any atom is -0.480 e. The predicted molar refractivity (Wildman–Crippen MR) is 71.5 cm³/mol. The van der Waals surface area contributed by atoms with Gasteiger partial charge in [0.15, 0.2) is 0 Å². The largest absolute Gasteiger partial charge is 0.480 e. The van der Waals surface area contributed by atoms with E-state index in [2.05, 4.69) is 5.32 Å². The fourth-order valence-corrected chi connectivity index (χ4v) is 3.20. The number of nitrogens with two attached hydrogens (primary N) is 1. The molecule has 0 aromatic carbocycles. The van der Waals surface area contributed by atoms with Gasteiger partial charge in [-0.3, -0.25) is 4.79 Å². The Kier molecular flexibility index (Phi) is 4.13. The highest BCUT2D eigenvalue weighted by Gasteiger charge is 2.49. The van der Waals surface area contributed by atoms with Crippen LogP contribution in [0.5, 0.6) is 0 Å². The van der Waals surface area contributed by atoms with Gasteiger partial charge in [-0.2, -0.15) is 0 Å². The summed E-state index contributed by atoms with van der Waals surface area (Å²) in [5.74, 6) is -1.05. The van der Waals surface area contributed by atoms with Crippen LogP contribution in [0.15, 0.2) is 0 Å². The summed E-state index contributed by atoms with van der Waals surface area (Å²) in [6.07, 6.45) is 7.79. The highest BCUT2D eigenvalue weighted by Crippen LogP contribution is 2.38. The smallest absolute Gasteiger partial charge is 0.329 e. The molecule has 0 heterocycles. The fraction of sp³-hybridized carbons (Fsp3) is 0.857. The summed E-state index contributed by atoms with van der Waals surface area (Å²) in [7, 11) is 0. The Hall–Kier alpha value is -1.10. The molecule has 0 bridgehead atoms. The van der Waals surface area contributed by atoms with E-state index in [1.165, 1.54) is 0 Å². The third-order valence-electron chi connectivity index (χ3n) is 4.90. The molecular formula is C14H24N2O3. The molecule has 108 valence electrons. The summed E-state index contributed by atoms with van der Waals surface area (Å²) in [6, 6.07) is 0. The van der Waals surface area contributed by atoms with Crippen LogP contribution >= 0.6 is 0 Å². The number of carbonyl (C=O) groups excluding carboxylic acids is 1. The molecule has 19 heavy (non-hydrogen) atoms. The van der Waals surface area contributed by atoms with Crippen LogP contribution in [0.4, 0.5) is 0 Å². The lowest BCUT2D eigenvalue weighted by atomic mass is 9.73. The lowest BCUT2D eigenvalue weighted by Crippen LogP contribution is -2.62. The number of hydrogen-bond donors (Lipinski definition) is 3. The second kappa shape index (κ2) is 5.49. The molecule has 5 nitrogen and oxygen atoms in total. The molecule has 0 aromatic rings. The summed E-state index contributed by atoms with van der Waals surface area (Å²) in [5, 5.41) is 12.1. The van der Waals surface area contributed by atoms with Gasteiger partial charge in [0.25, 0.3) is 0 Å². The first-order valence-electron chi connectivity index (χ1n) is 7.31. The molecule has 0 atom stereocenters. The molecular weight excluding hydrogens is 244 g/mol. The van der Waals surface area contributed by atoms with Gasteiger partial charge in [0.05, 0.1) is 5.41 Å². The molecule has 2 aliphatic carbocycles. The quantitative estimate of drug-likeness (QED) is 0.672. The van der Waals surface area contributed by atoms with Gasteiger partial charge in [-0.25, -0.2) is 4.79 Å². The summed E-state index contributed by atoms with van der Waals surface area (Å²) >= 11 is 0. The minimum absolute atomic E-state index is 0.140. The standard InChI is InChI=1S/C14H24N2O3/c15-10-13(6-3-1-2-4-7-13)11(17)16-14(12(18)19)8-5-9-14/h1-10,15H2,(H,16,17)(H,18,19). The third-order valence-corrected chi connectivity index (χ3v) is 4.90. The van der Waals surface area contributed by atoms with E-state index >= 15 is 0 Å². The number of rotatable bonds is 4. The van der Waals surface area contributed by atoms with Crippen LogP contribution in [0.2, 0.25) is 0 Å². The number of carboxylic acid groups (broad SMARTS) is 1. The summed E-state index contributed by atoms with van der Waals surface area (Å²) < 4.78 is 0. The molecule has 4 N–H and O–H groups in total. The third kappa shape index (κ3) is 2.61. The Morgan fingerprint density at radius 1 is 1.00 bits per heavy atom. The van der Waals surface area contributed by atoms with Crippen molar-refractivity contribution in [3.8, 4) is 0 Å². The van der Waals surface area contributed by atoms with Crippen LogP contribution in [0.1, 0.15) is 57.8 Å². The van der Waals surface area contributed by atoms with Crippen molar-refractivity contribution in [2.24, 2.45) is 11.1 Å². The zero-order valence-corrected chi connectivity index (χ0v) is 11.4. The van der Waals surface area contributed by atoms with Crippen molar-refractivity contribution >= 4 is 11.9 Å². The summed E-state index contributed by atoms with van der Waals surface area (Å²) in [4.78, 5) is 23.9. The summed E-state index contributed by atoms with van der Waals surface area (Å²) in [5.41, 5.74) is 4.29. The fourth-order valence-electron chi connectivity index (χ4n) is 3.20. The van der Waals surface area contributed by atoms with Crippen LogP contribution in [-0.2, 0) is 9.59 Å². The average molecular weight is 268 g/mol. The lowest BCUT2D eigenvalue weighted by Gasteiger charge is -2.41. The number of aliphatic carboxylic acids is 1. The zero-order valence-electron chi connectivity index (χ0n) is 11.4. The van der Waals surface area contributed by atoms with Gasteiger partial charge in [0.1, 0.15) is 5.54 Å². The van der Waals surface area contributed by atoms with Gasteiger partial charge >= 0.3 is 5.97 Å². The van der Waals surface area contributed by atoms with Crippen LogP contribution in [0.25, 0.3) is 0 Å². The lowest BCUT2D eigenvalue weighted by molar-refractivity contribution is -0.154. The van der Waals surface area contributed by atoms with Crippen LogP contribution in [-0.4, -0.2) is 29.1 Å². The molecule has 1 amide bonds. The van der Waals surface area contributed by atoms with Crippen LogP contribution < -0.4 is 11.1 Å². The van der Waals surface area contributed by atoms with Crippen molar-refractivity contribution < 1.29 is 14.7 Å². The highest BCUT2D eigenvalue weighted by atomic mass is 16.4. The minimum atomic E-state index is -1.02. The molecule has 2 fully saturated rings. The van der Waals surface area contributed by atoms with E-state index in [1.807, 2.05) is 0 Å². The molecule has 0 spiro atoms. The van der Waals surface area contributed by atoms with Crippen molar-refractivity contribution in [1.29, 1.82) is 0 Å². The molecule has 0 radical (unpaired) electrons. The normalized spacial score (nSPS) is 24.9. The van der Waals surface area contributed by atoms with Crippen molar-refractivity contribution in [1.82, 2.24) is 5.32 Å². The number of hydrogen-bond acceptors (Lipinski definition) is 3. The Bertz CT molecular complexity index is 356. The molecule has 0 aromatic heterocycles. The van der Waals surface area contributed by atoms with Crippen molar-refractivity contribution in [3.63, 3.8) is 0 Å². The van der Waals surface area contributed by atoms with Gasteiger partial charge in [-0.1, -0.05) is 25.7 Å². The Morgan fingerprint density at radius 2 is 1.58 bits per heavy atom. The van der Waals surface area contributed by atoms with Crippen molar-refractivity contribution in [3.05, 3.63) is 0 Å². The van der Waals surface area contributed by atoms with Gasteiger partial charge in [0, 0.05) is 6.54 Å². The maximum atomic E-state index is 12.6. The topological polar surface area (TPSA) is 92.4 Å².